The minimum Gasteiger partial charge on any atom is -0.493 e. The lowest BCUT2D eigenvalue weighted by atomic mass is 10.0. The Morgan fingerprint density at radius 3 is 2.85 bits per heavy atom. The number of fused-ring (bicyclic) bond motifs is 2. The zero-order valence-corrected chi connectivity index (χ0v) is 17.2. The Hall–Kier alpha value is -4.54. The monoisotopic (exact) mass is 446 g/mol. The number of nitro groups is 1. The number of carbonyl (C=O) groups is 1. The summed E-state index contributed by atoms with van der Waals surface area (Å²) in [6.45, 7) is 0.262. The number of nitrogens with zero attached hydrogens (tertiary/aromatic N) is 5. The molecule has 1 unspecified atom stereocenters. The molecule has 33 heavy (non-hydrogen) atoms. The number of nitrogens with one attached hydrogen (secondary N) is 1. The number of aromatic nitrogens is 4. The molecule has 11 heteroatoms. The van der Waals surface area contributed by atoms with Crippen LogP contribution in [0.4, 0.5) is 5.69 Å². The van der Waals surface area contributed by atoms with Crippen LogP contribution in [0.15, 0.2) is 65.8 Å². The maximum absolute atomic E-state index is 13.0. The lowest BCUT2D eigenvalue weighted by molar-refractivity contribution is -0.384. The highest BCUT2D eigenvalue weighted by Crippen LogP contribution is 2.31. The number of hydrogen-bond acceptors (Lipinski definition) is 7. The van der Waals surface area contributed by atoms with Crippen molar-refractivity contribution < 1.29 is 14.5 Å². The van der Waals surface area contributed by atoms with Gasteiger partial charge < -0.3 is 10.1 Å². The Bertz CT molecular complexity index is 1440. The van der Waals surface area contributed by atoms with E-state index in [4.69, 9.17) is 4.74 Å². The van der Waals surface area contributed by atoms with E-state index in [1.807, 2.05) is 24.3 Å². The van der Waals surface area contributed by atoms with Gasteiger partial charge in [-0.25, -0.2) is 9.67 Å². The van der Waals surface area contributed by atoms with Gasteiger partial charge in [0.05, 0.1) is 23.8 Å². The van der Waals surface area contributed by atoms with Gasteiger partial charge in [0.1, 0.15) is 29.7 Å². The summed E-state index contributed by atoms with van der Waals surface area (Å²) in [6.07, 6.45) is 3.16. The third-order valence-electron chi connectivity index (χ3n) is 5.47. The molecule has 2 aromatic heterocycles. The summed E-state index contributed by atoms with van der Waals surface area (Å²) in [5, 5.41) is 18.6. The summed E-state index contributed by atoms with van der Waals surface area (Å²) in [4.78, 5) is 40.7. The number of carbonyl (C=O) groups excluding carboxylic acids is 1. The van der Waals surface area contributed by atoms with Gasteiger partial charge >= 0.3 is 0 Å². The largest absolute Gasteiger partial charge is 0.493 e. The Kier molecular flexibility index (Phi) is 5.05. The fraction of sp³-hybridized carbons (Fsp3) is 0.182. The molecule has 2 aromatic carbocycles. The Balaban J connectivity index is 1.41. The second-order valence-electron chi connectivity index (χ2n) is 7.51. The van der Waals surface area contributed by atoms with Crippen molar-refractivity contribution in [1.29, 1.82) is 0 Å². The zero-order valence-electron chi connectivity index (χ0n) is 17.2. The van der Waals surface area contributed by atoms with Crippen molar-refractivity contribution in [3.63, 3.8) is 0 Å². The second-order valence-corrected chi connectivity index (χ2v) is 7.51. The SMILES string of the molecule is O=C(Cn1cnc2c(cnn2-c2ccccc2[N+](=O)[O-])c1=O)NC1CCOc2ccccc21. The number of amides is 1. The summed E-state index contributed by atoms with van der Waals surface area (Å²) < 4.78 is 8.05. The van der Waals surface area contributed by atoms with Gasteiger partial charge in [-0.1, -0.05) is 30.3 Å². The van der Waals surface area contributed by atoms with Crippen LogP contribution in [-0.2, 0) is 11.3 Å². The fourth-order valence-electron chi connectivity index (χ4n) is 3.92. The number of benzene rings is 2. The predicted octanol–water partition coefficient (Wildman–Crippen LogP) is 2.13. The number of nitro benzene ring substituents is 1. The van der Waals surface area contributed by atoms with Crippen LogP contribution in [0.3, 0.4) is 0 Å². The van der Waals surface area contributed by atoms with Gasteiger partial charge in [-0.2, -0.15) is 5.10 Å². The Morgan fingerprint density at radius 2 is 2.00 bits per heavy atom. The molecule has 0 bridgehead atoms. The average Bonchev–Trinajstić information content (AvgIpc) is 3.26. The van der Waals surface area contributed by atoms with Crippen LogP contribution in [0.2, 0.25) is 0 Å². The summed E-state index contributed by atoms with van der Waals surface area (Å²) in [6, 6.07) is 13.3. The summed E-state index contributed by atoms with van der Waals surface area (Å²) in [5.41, 5.74) is 0.628. The minimum absolute atomic E-state index is 0.153. The van der Waals surface area contributed by atoms with E-state index < -0.39 is 10.5 Å². The molecule has 5 rings (SSSR count). The van der Waals surface area contributed by atoms with Gasteiger partial charge in [-0.15, -0.1) is 0 Å². The first-order valence-corrected chi connectivity index (χ1v) is 10.2. The van der Waals surface area contributed by atoms with E-state index in [0.29, 0.717) is 13.0 Å². The van der Waals surface area contributed by atoms with Crippen molar-refractivity contribution in [2.24, 2.45) is 0 Å². The molecular formula is C22H18N6O5. The number of rotatable bonds is 5. The topological polar surface area (TPSA) is 134 Å². The molecule has 1 amide bonds. The molecular weight excluding hydrogens is 428 g/mol. The van der Waals surface area contributed by atoms with Gasteiger partial charge in [0.2, 0.25) is 5.91 Å². The van der Waals surface area contributed by atoms with Crippen LogP contribution in [0.25, 0.3) is 16.7 Å². The zero-order chi connectivity index (χ0) is 22.9. The Labute approximate surface area is 186 Å². The van der Waals surface area contributed by atoms with Crippen molar-refractivity contribution in [2.75, 3.05) is 6.61 Å². The van der Waals surface area contributed by atoms with Crippen LogP contribution in [0.5, 0.6) is 5.75 Å². The smallest absolute Gasteiger partial charge is 0.294 e. The molecule has 1 N–H and O–H groups in total. The van der Waals surface area contributed by atoms with E-state index in [1.165, 1.54) is 33.9 Å². The molecule has 4 aromatic rings. The first kappa shape index (κ1) is 20.4. The van der Waals surface area contributed by atoms with E-state index >= 15 is 0 Å². The molecule has 0 aliphatic carbocycles. The van der Waals surface area contributed by atoms with Crippen molar-refractivity contribution in [3.8, 4) is 11.4 Å². The minimum atomic E-state index is -0.525. The molecule has 0 spiro atoms. The molecule has 166 valence electrons. The lowest BCUT2D eigenvalue weighted by Crippen LogP contribution is -2.36. The summed E-state index contributed by atoms with van der Waals surface area (Å²) in [5.74, 6) is 0.391. The van der Waals surface area contributed by atoms with E-state index in [-0.39, 0.29) is 40.9 Å². The van der Waals surface area contributed by atoms with Gasteiger partial charge in [-0.3, -0.25) is 24.3 Å². The van der Waals surface area contributed by atoms with Crippen LogP contribution >= 0.6 is 0 Å². The molecule has 3 heterocycles. The van der Waals surface area contributed by atoms with Gasteiger partial charge in [0.25, 0.3) is 11.2 Å². The average molecular weight is 446 g/mol. The maximum atomic E-state index is 13.0. The summed E-state index contributed by atoms with van der Waals surface area (Å²) >= 11 is 0. The molecule has 1 atom stereocenters. The standard InChI is InChI=1S/C22H18N6O5/c29-20(25-16-9-10-33-19-8-4-1-5-14(16)19)12-26-13-23-21-15(22(26)30)11-24-27(21)17-6-2-3-7-18(17)28(31)32/h1-8,11,13,16H,9-10,12H2,(H,25,29). The highest BCUT2D eigenvalue weighted by molar-refractivity contribution is 5.78. The van der Waals surface area contributed by atoms with Gasteiger partial charge in [-0.05, 0) is 12.1 Å². The van der Waals surface area contributed by atoms with Gasteiger partial charge in [0.15, 0.2) is 5.65 Å². The highest BCUT2D eigenvalue weighted by Gasteiger charge is 2.23. The van der Waals surface area contributed by atoms with Crippen molar-refractivity contribution in [3.05, 3.63) is 87.1 Å². The molecule has 1 aliphatic heterocycles. The number of hydrogen-bond donors (Lipinski definition) is 1. The van der Waals surface area contributed by atoms with Gasteiger partial charge in [0, 0.05) is 18.1 Å². The van der Waals surface area contributed by atoms with Crippen molar-refractivity contribution in [2.45, 2.75) is 19.0 Å². The highest BCUT2D eigenvalue weighted by atomic mass is 16.6. The quantitative estimate of drug-likeness (QED) is 0.367. The van der Waals surface area contributed by atoms with Crippen LogP contribution in [0.1, 0.15) is 18.0 Å². The van der Waals surface area contributed by atoms with Crippen molar-refractivity contribution in [1.82, 2.24) is 24.6 Å². The molecule has 11 nitrogen and oxygen atoms in total. The lowest BCUT2D eigenvalue weighted by Gasteiger charge is -2.26. The van der Waals surface area contributed by atoms with Crippen molar-refractivity contribution >= 4 is 22.6 Å². The molecule has 0 radical (unpaired) electrons. The first-order chi connectivity index (χ1) is 16.0. The molecule has 1 aliphatic rings. The second kappa shape index (κ2) is 8.19. The van der Waals surface area contributed by atoms with Crippen LogP contribution in [0, 0.1) is 10.1 Å². The molecule has 0 saturated carbocycles. The van der Waals surface area contributed by atoms with Crippen LogP contribution in [-0.4, -0.2) is 36.8 Å². The number of ether oxygens (including phenoxy) is 1. The normalized spacial score (nSPS) is 15.0. The van der Waals surface area contributed by atoms with E-state index in [2.05, 4.69) is 15.4 Å². The first-order valence-electron chi connectivity index (χ1n) is 10.2. The van der Waals surface area contributed by atoms with E-state index in [0.717, 1.165) is 11.3 Å². The van der Waals surface area contributed by atoms with Crippen LogP contribution < -0.4 is 15.6 Å². The molecule has 0 saturated heterocycles. The third kappa shape index (κ3) is 3.69. The Morgan fingerprint density at radius 1 is 1.21 bits per heavy atom. The summed E-state index contributed by atoms with van der Waals surface area (Å²) in [7, 11) is 0. The maximum Gasteiger partial charge on any atom is 0.294 e. The van der Waals surface area contributed by atoms with E-state index in [1.54, 1.807) is 12.1 Å². The number of para-hydroxylation sites is 3. The molecule has 0 fully saturated rings. The fourth-order valence-corrected chi connectivity index (χ4v) is 3.92. The van der Waals surface area contributed by atoms with E-state index in [9.17, 15) is 19.7 Å². The predicted molar refractivity (Wildman–Crippen MR) is 117 cm³/mol. The third-order valence-corrected chi connectivity index (χ3v) is 5.47.